The maximum atomic E-state index is 7.19. The van der Waals surface area contributed by atoms with Gasteiger partial charge in [-0.05, 0) is 103 Å². The Kier molecular flexibility index (Phi) is 26.9. The average Bonchev–Trinajstić information content (AvgIpc) is 2.50. The number of hydrogen-bond donors (Lipinski definition) is 0. The van der Waals surface area contributed by atoms with E-state index in [-0.39, 0.29) is 0 Å². The SMILES string of the molecule is CCCCCCCCCCCCc1c2cc(-c3c(OCCCCCCCC)c(C)c(-c4ccccc4)c4nsnc34)sc2c(CCCCCCCCCCCC)c2cc(-c3c(C)c(OCCCCCCCC)c(-c4cccs4)c4nsnc34)sc12. The zero-order valence-corrected chi connectivity index (χ0v) is 57.0. The molecule has 6 nitrogen and oxygen atoms in total. The van der Waals surface area contributed by atoms with Crippen molar-refractivity contribution in [3.63, 3.8) is 0 Å². The number of hydrogen-bond acceptors (Lipinski definition) is 11. The van der Waals surface area contributed by atoms with Crippen molar-refractivity contribution in [2.75, 3.05) is 13.2 Å². The first-order valence-electron chi connectivity index (χ1n) is 33.9. The molecule has 0 radical (unpaired) electrons. The average molecular weight is 1240 g/mol. The van der Waals surface area contributed by atoms with E-state index < -0.39 is 0 Å². The highest BCUT2D eigenvalue weighted by atomic mass is 32.1. The Labute approximate surface area is 532 Å². The molecule has 11 heteroatoms. The molecule has 0 atom stereocenters. The third kappa shape index (κ3) is 16.9. The van der Waals surface area contributed by atoms with Gasteiger partial charge in [0.2, 0.25) is 0 Å². The lowest BCUT2D eigenvalue weighted by atomic mass is 9.92. The van der Waals surface area contributed by atoms with Gasteiger partial charge < -0.3 is 9.47 Å². The van der Waals surface area contributed by atoms with Crippen LogP contribution in [-0.4, -0.2) is 30.7 Å². The monoisotopic (exact) mass is 1240 g/mol. The summed E-state index contributed by atoms with van der Waals surface area (Å²) in [6.45, 7) is 15.2. The second kappa shape index (κ2) is 35.1. The molecule has 4 aromatic carbocycles. The van der Waals surface area contributed by atoms with Gasteiger partial charge in [-0.1, -0.05) is 244 Å². The highest BCUT2D eigenvalue weighted by Gasteiger charge is 2.30. The van der Waals surface area contributed by atoms with Gasteiger partial charge in [0.1, 0.15) is 33.6 Å². The first-order valence-corrected chi connectivity index (χ1v) is 37.9. The summed E-state index contributed by atoms with van der Waals surface area (Å²) in [5.41, 5.74) is 15.0. The highest BCUT2D eigenvalue weighted by Crippen LogP contribution is 2.54. The van der Waals surface area contributed by atoms with Crippen molar-refractivity contribution in [1.29, 1.82) is 0 Å². The summed E-state index contributed by atoms with van der Waals surface area (Å²) in [4.78, 5) is 3.73. The van der Waals surface area contributed by atoms with Crippen LogP contribution in [0, 0.1) is 13.8 Å². The molecular formula is C74H100N4O2S5. The summed E-state index contributed by atoms with van der Waals surface area (Å²) in [5, 5.41) is 5.04. The van der Waals surface area contributed by atoms with Crippen LogP contribution in [0.3, 0.4) is 0 Å². The van der Waals surface area contributed by atoms with E-state index in [1.54, 1.807) is 11.3 Å². The van der Waals surface area contributed by atoms with E-state index >= 15 is 0 Å². The van der Waals surface area contributed by atoms with Gasteiger partial charge >= 0.3 is 0 Å². The van der Waals surface area contributed by atoms with Crippen molar-refractivity contribution in [2.24, 2.45) is 0 Å². The summed E-state index contributed by atoms with van der Waals surface area (Å²) in [5.74, 6) is 1.96. The summed E-state index contributed by atoms with van der Waals surface area (Å²) < 4.78 is 37.8. The largest absolute Gasteiger partial charge is 0.493 e. The Morgan fingerprint density at radius 1 is 0.365 bits per heavy atom. The lowest BCUT2D eigenvalue weighted by Crippen LogP contribution is -2.03. The van der Waals surface area contributed by atoms with Crippen LogP contribution in [0.25, 0.3) is 84.7 Å². The smallest absolute Gasteiger partial charge is 0.133 e. The van der Waals surface area contributed by atoms with Crippen molar-refractivity contribution in [1.82, 2.24) is 17.5 Å². The molecule has 0 bridgehead atoms. The molecule has 0 N–H and O–H groups in total. The number of aryl methyl sites for hydroxylation is 2. The molecule has 0 fully saturated rings. The number of thiophene rings is 3. The summed E-state index contributed by atoms with van der Waals surface area (Å²) >= 11 is 8.45. The Bertz CT molecular complexity index is 3320. The van der Waals surface area contributed by atoms with Crippen molar-refractivity contribution in [3.05, 3.63) is 82.2 Å². The molecule has 9 aromatic rings. The Hall–Kier alpha value is -4.26. The van der Waals surface area contributed by atoms with Gasteiger partial charge in [-0.3, -0.25) is 0 Å². The van der Waals surface area contributed by atoms with Crippen molar-refractivity contribution < 1.29 is 9.47 Å². The van der Waals surface area contributed by atoms with E-state index in [9.17, 15) is 0 Å². The molecular weight excluding hydrogens is 1140 g/mol. The molecule has 5 heterocycles. The van der Waals surface area contributed by atoms with E-state index in [2.05, 4.69) is 102 Å². The Balaban J connectivity index is 1.17. The number of aromatic nitrogens is 4. The van der Waals surface area contributed by atoms with Gasteiger partial charge in [-0.15, -0.1) is 34.0 Å². The van der Waals surface area contributed by atoms with E-state index in [1.807, 2.05) is 22.7 Å². The lowest BCUT2D eigenvalue weighted by molar-refractivity contribution is 0.304. The van der Waals surface area contributed by atoms with Crippen molar-refractivity contribution in [3.8, 4) is 53.9 Å². The van der Waals surface area contributed by atoms with Crippen LogP contribution in [0.5, 0.6) is 11.5 Å². The number of fused-ring (bicyclic) bond motifs is 4. The quantitative estimate of drug-likeness (QED) is 0.0355. The number of unbranched alkanes of at least 4 members (excludes halogenated alkanes) is 28. The maximum absolute atomic E-state index is 7.19. The fraction of sp³-hybridized carbons (Fsp3) is 0.568. The maximum Gasteiger partial charge on any atom is 0.133 e. The van der Waals surface area contributed by atoms with Gasteiger partial charge in [0, 0.05) is 46.3 Å². The molecule has 0 unspecified atom stereocenters. The van der Waals surface area contributed by atoms with Crippen molar-refractivity contribution >= 4 is 99.7 Å². The standard InChI is InChI=1S/C74H100N4O2S5/c1-7-11-15-19-23-25-27-29-31-38-45-56-58-51-61(64-54(6)72(80-49-41-34-22-18-14-10-4)65(60-47-42-50-81-60)69-68(64)76-85-77-69)82-73(58)57(46-39-32-30-28-26-24-20-16-12-8-2)59-52-62(83-74(56)59)66-70-67(75-84-78-70)63(55-43-36-35-37-44-55)53(5)71(66)79-48-40-33-21-17-13-9-3/h35-37,42-44,47,50-52H,7-34,38-41,45-46,48-49H2,1-6H3. The molecule has 0 spiro atoms. The van der Waals surface area contributed by atoms with Gasteiger partial charge in [0.25, 0.3) is 0 Å². The number of ether oxygens (including phenoxy) is 2. The fourth-order valence-electron chi connectivity index (χ4n) is 13.1. The van der Waals surface area contributed by atoms with E-state index in [4.69, 9.17) is 27.0 Å². The van der Waals surface area contributed by atoms with Crippen LogP contribution in [0.1, 0.15) is 255 Å². The zero-order chi connectivity index (χ0) is 59.0. The third-order valence-electron chi connectivity index (χ3n) is 17.8. The molecule has 9 rings (SSSR count). The highest BCUT2D eigenvalue weighted by molar-refractivity contribution is 7.24. The Morgan fingerprint density at radius 2 is 0.729 bits per heavy atom. The van der Waals surface area contributed by atoms with Gasteiger partial charge in [-0.2, -0.15) is 17.5 Å². The molecule has 0 aliphatic rings. The molecule has 0 aliphatic carbocycles. The lowest BCUT2D eigenvalue weighted by Gasteiger charge is -2.18. The normalized spacial score (nSPS) is 11.9. The van der Waals surface area contributed by atoms with Crippen LogP contribution in [0.4, 0.5) is 0 Å². The Morgan fingerprint density at radius 3 is 1.15 bits per heavy atom. The second-order valence-electron chi connectivity index (χ2n) is 24.4. The first kappa shape index (κ1) is 65.2. The van der Waals surface area contributed by atoms with E-state index in [1.165, 1.54) is 273 Å². The topological polar surface area (TPSA) is 70.0 Å². The summed E-state index contributed by atoms with van der Waals surface area (Å²) in [6.07, 6.45) is 43.3. The van der Waals surface area contributed by atoms with Crippen molar-refractivity contribution in [2.45, 2.75) is 260 Å². The van der Waals surface area contributed by atoms with Crippen LogP contribution in [0.15, 0.2) is 60.0 Å². The predicted molar refractivity (Wildman–Crippen MR) is 377 cm³/mol. The van der Waals surface area contributed by atoms with Crippen LogP contribution in [0.2, 0.25) is 0 Å². The number of nitrogens with zero attached hydrogens (tertiary/aromatic N) is 4. The molecule has 458 valence electrons. The second-order valence-corrected chi connectivity index (χ2v) is 28.5. The summed E-state index contributed by atoms with van der Waals surface area (Å²) in [7, 11) is 0. The third-order valence-corrected chi connectivity index (χ3v) is 22.2. The summed E-state index contributed by atoms with van der Waals surface area (Å²) in [6, 6.07) is 20.4. The van der Waals surface area contributed by atoms with Gasteiger partial charge in [-0.25, -0.2) is 0 Å². The zero-order valence-electron chi connectivity index (χ0n) is 52.9. The minimum absolute atomic E-state index is 0.690. The molecule has 0 saturated heterocycles. The minimum atomic E-state index is 0.690. The van der Waals surface area contributed by atoms with E-state index in [0.29, 0.717) is 13.2 Å². The van der Waals surface area contributed by atoms with Gasteiger partial charge in [0.05, 0.1) is 47.8 Å². The fourth-order valence-corrected chi connectivity index (χ4v) is 17.6. The van der Waals surface area contributed by atoms with Crippen LogP contribution >= 0.6 is 57.5 Å². The minimum Gasteiger partial charge on any atom is -0.493 e. The van der Waals surface area contributed by atoms with Crippen LogP contribution < -0.4 is 9.47 Å². The molecule has 0 amide bonds. The molecule has 5 aromatic heterocycles. The molecule has 0 aliphatic heterocycles. The number of benzene rings is 4. The first-order chi connectivity index (χ1) is 42.0. The molecule has 0 saturated carbocycles. The van der Waals surface area contributed by atoms with Gasteiger partial charge in [0.15, 0.2) is 0 Å². The van der Waals surface area contributed by atoms with Crippen LogP contribution in [-0.2, 0) is 12.8 Å². The number of rotatable bonds is 42. The predicted octanol–water partition coefficient (Wildman–Crippen LogP) is 25.9. The molecule has 85 heavy (non-hydrogen) atoms. The van der Waals surface area contributed by atoms with E-state index in [0.717, 1.165) is 87.1 Å².